The summed E-state index contributed by atoms with van der Waals surface area (Å²) in [5.41, 5.74) is 2.17. The highest BCUT2D eigenvalue weighted by Gasteiger charge is 2.21. The van der Waals surface area contributed by atoms with Crippen molar-refractivity contribution in [2.24, 2.45) is 0 Å². The van der Waals surface area contributed by atoms with E-state index in [1.807, 2.05) is 13.8 Å². The molecule has 1 unspecified atom stereocenters. The van der Waals surface area contributed by atoms with Crippen LogP contribution in [-0.2, 0) is 10.8 Å². The van der Waals surface area contributed by atoms with Gasteiger partial charge in [-0.25, -0.2) is 0 Å². The molecule has 1 aromatic carbocycles. The number of hydrogen-bond donors (Lipinski definition) is 1. The first-order chi connectivity index (χ1) is 14.4. The fourth-order valence-electron chi connectivity index (χ4n) is 2.71. The second-order valence-electron chi connectivity index (χ2n) is 6.02. The van der Waals surface area contributed by atoms with Crippen molar-refractivity contribution in [1.82, 2.24) is 15.2 Å². The van der Waals surface area contributed by atoms with E-state index in [0.29, 0.717) is 54.1 Å². The molecule has 0 saturated heterocycles. The van der Waals surface area contributed by atoms with Gasteiger partial charge in [-0.15, -0.1) is 5.10 Å². The molecule has 1 N–H and O–H groups in total. The van der Waals surface area contributed by atoms with Gasteiger partial charge in [0.2, 0.25) is 5.13 Å². The molecule has 0 aliphatic heterocycles. The molecular weight excluding hydrogens is 448 g/mol. The van der Waals surface area contributed by atoms with Gasteiger partial charge in [0, 0.05) is 28.8 Å². The number of aryl methyl sites for hydroxylation is 1. The van der Waals surface area contributed by atoms with E-state index < -0.39 is 16.7 Å². The van der Waals surface area contributed by atoms with Gasteiger partial charge in [-0.1, -0.05) is 23.6 Å². The SMILES string of the molecule is CCS(=O)c1cc(OC)c(-c2cc(C)ncc2C(=O)Nc2nnc(OC)s2)cc1Cl. The summed E-state index contributed by atoms with van der Waals surface area (Å²) in [5, 5.41) is 11.3. The number of ether oxygens (including phenoxy) is 2. The van der Waals surface area contributed by atoms with Crippen molar-refractivity contribution < 1.29 is 18.5 Å². The van der Waals surface area contributed by atoms with E-state index in [0.717, 1.165) is 11.3 Å². The number of carbonyl (C=O) groups is 1. The van der Waals surface area contributed by atoms with Gasteiger partial charge in [0.1, 0.15) is 5.75 Å². The number of anilines is 1. The van der Waals surface area contributed by atoms with E-state index in [-0.39, 0.29) is 0 Å². The van der Waals surface area contributed by atoms with Crippen LogP contribution in [0, 0.1) is 6.92 Å². The van der Waals surface area contributed by atoms with E-state index in [4.69, 9.17) is 21.1 Å². The number of halogens is 1. The molecule has 0 saturated carbocycles. The van der Waals surface area contributed by atoms with Crippen LogP contribution in [0.2, 0.25) is 5.02 Å². The largest absolute Gasteiger partial charge is 0.496 e. The molecule has 30 heavy (non-hydrogen) atoms. The fraction of sp³-hybridized carbons (Fsp3) is 0.263. The summed E-state index contributed by atoms with van der Waals surface area (Å²) in [4.78, 5) is 17.7. The average Bonchev–Trinajstić information content (AvgIpc) is 3.20. The maximum atomic E-state index is 12.9. The Morgan fingerprint density at radius 3 is 2.60 bits per heavy atom. The van der Waals surface area contributed by atoms with Crippen LogP contribution in [0.25, 0.3) is 11.1 Å². The first-order valence-corrected chi connectivity index (χ1v) is 11.3. The normalized spacial score (nSPS) is 11.8. The van der Waals surface area contributed by atoms with Crippen LogP contribution in [0.15, 0.2) is 29.3 Å². The minimum atomic E-state index is -1.25. The molecule has 2 aromatic heterocycles. The van der Waals surface area contributed by atoms with Crippen LogP contribution in [0.3, 0.4) is 0 Å². The van der Waals surface area contributed by atoms with Crippen LogP contribution < -0.4 is 14.8 Å². The predicted octanol–water partition coefficient (Wildman–Crippen LogP) is 3.96. The lowest BCUT2D eigenvalue weighted by atomic mass is 9.99. The van der Waals surface area contributed by atoms with Gasteiger partial charge in [-0.05, 0) is 36.5 Å². The molecule has 0 bridgehead atoms. The molecule has 0 radical (unpaired) electrons. The third-order valence-corrected chi connectivity index (χ3v) is 6.72. The van der Waals surface area contributed by atoms with Crippen LogP contribution in [0.5, 0.6) is 10.9 Å². The van der Waals surface area contributed by atoms with E-state index >= 15 is 0 Å². The Balaban J connectivity index is 2.08. The molecule has 0 aliphatic rings. The lowest BCUT2D eigenvalue weighted by Gasteiger charge is -2.15. The van der Waals surface area contributed by atoms with Crippen molar-refractivity contribution in [2.45, 2.75) is 18.7 Å². The molecule has 2 heterocycles. The van der Waals surface area contributed by atoms with E-state index in [2.05, 4.69) is 20.5 Å². The Kier molecular flexibility index (Phi) is 7.01. The average molecular weight is 467 g/mol. The minimum absolute atomic E-state index is 0.294. The number of amides is 1. The highest BCUT2D eigenvalue weighted by atomic mass is 35.5. The number of methoxy groups -OCH3 is 2. The monoisotopic (exact) mass is 466 g/mol. The maximum Gasteiger partial charge on any atom is 0.295 e. The smallest absolute Gasteiger partial charge is 0.295 e. The second-order valence-corrected chi connectivity index (χ2v) is 9.08. The fourth-order valence-corrected chi connectivity index (χ4v) is 4.52. The number of nitrogens with one attached hydrogen (secondary N) is 1. The van der Waals surface area contributed by atoms with Crippen LogP contribution in [0.4, 0.5) is 5.13 Å². The summed E-state index contributed by atoms with van der Waals surface area (Å²) < 4.78 is 22.8. The molecule has 3 rings (SSSR count). The van der Waals surface area contributed by atoms with Crippen molar-refractivity contribution in [3.63, 3.8) is 0 Å². The van der Waals surface area contributed by atoms with E-state index in [9.17, 15) is 9.00 Å². The van der Waals surface area contributed by atoms with Crippen molar-refractivity contribution in [3.8, 4) is 22.1 Å². The summed E-state index contributed by atoms with van der Waals surface area (Å²) >= 11 is 7.51. The Hall–Kier alpha value is -2.56. The van der Waals surface area contributed by atoms with Gasteiger partial charge >= 0.3 is 0 Å². The number of hydrogen-bond acceptors (Lipinski definition) is 8. The Morgan fingerprint density at radius 2 is 1.97 bits per heavy atom. The molecule has 11 heteroatoms. The number of pyridine rings is 1. The Labute approximate surface area is 185 Å². The summed E-state index contributed by atoms with van der Waals surface area (Å²) in [6.45, 7) is 3.62. The lowest BCUT2D eigenvalue weighted by molar-refractivity contribution is 0.102. The van der Waals surface area contributed by atoms with Crippen molar-refractivity contribution in [3.05, 3.63) is 40.7 Å². The molecule has 158 valence electrons. The van der Waals surface area contributed by atoms with Gasteiger partial charge < -0.3 is 9.47 Å². The quantitative estimate of drug-likeness (QED) is 0.562. The van der Waals surface area contributed by atoms with E-state index in [1.165, 1.54) is 20.4 Å². The molecule has 0 spiro atoms. The zero-order valence-corrected chi connectivity index (χ0v) is 19.1. The second kappa shape index (κ2) is 9.50. The Bertz CT molecular complexity index is 1120. The van der Waals surface area contributed by atoms with Crippen LogP contribution >= 0.6 is 22.9 Å². The zero-order valence-electron chi connectivity index (χ0n) is 16.7. The zero-order chi connectivity index (χ0) is 21.8. The van der Waals surface area contributed by atoms with Gasteiger partial charge in [0.25, 0.3) is 11.1 Å². The summed E-state index contributed by atoms with van der Waals surface area (Å²) in [6.07, 6.45) is 1.48. The van der Waals surface area contributed by atoms with Gasteiger partial charge in [0.05, 0.1) is 40.5 Å². The highest BCUT2D eigenvalue weighted by Crippen LogP contribution is 2.38. The number of aromatic nitrogens is 3. The van der Waals surface area contributed by atoms with Gasteiger partial charge in [-0.3, -0.25) is 19.3 Å². The van der Waals surface area contributed by atoms with Crippen LogP contribution in [0.1, 0.15) is 23.0 Å². The standard InChI is InChI=1S/C19H19ClN4O4S2/c1-5-30(26)16-8-15(27-3)12(7-14(16)20)11-6-10(2)21-9-13(11)17(25)22-18-23-24-19(28-4)29-18/h6-9H,5H2,1-4H3,(H,22,23,25). The molecule has 0 aliphatic carbocycles. The molecule has 1 atom stereocenters. The van der Waals surface area contributed by atoms with Crippen molar-refractivity contribution in [2.75, 3.05) is 25.3 Å². The number of benzene rings is 1. The van der Waals surface area contributed by atoms with Gasteiger partial charge in [0.15, 0.2) is 0 Å². The summed E-state index contributed by atoms with van der Waals surface area (Å²) in [7, 11) is 1.73. The predicted molar refractivity (Wildman–Crippen MR) is 117 cm³/mol. The minimum Gasteiger partial charge on any atom is -0.496 e. The third kappa shape index (κ3) is 4.61. The van der Waals surface area contributed by atoms with Crippen molar-refractivity contribution in [1.29, 1.82) is 0 Å². The number of nitrogens with zero attached hydrogens (tertiary/aromatic N) is 3. The first kappa shape index (κ1) is 22.1. The molecule has 0 fully saturated rings. The topological polar surface area (TPSA) is 103 Å². The number of rotatable bonds is 7. The summed E-state index contributed by atoms with van der Waals surface area (Å²) in [6, 6.07) is 5.06. The molecule has 1 amide bonds. The Morgan fingerprint density at radius 1 is 1.20 bits per heavy atom. The van der Waals surface area contributed by atoms with Crippen LogP contribution in [-0.4, -0.2) is 45.3 Å². The van der Waals surface area contributed by atoms with Crippen molar-refractivity contribution >= 4 is 44.8 Å². The lowest BCUT2D eigenvalue weighted by Crippen LogP contribution is -2.14. The molecular formula is C19H19ClN4O4S2. The molecule has 3 aromatic rings. The van der Waals surface area contributed by atoms with Gasteiger partial charge in [-0.2, -0.15) is 0 Å². The highest BCUT2D eigenvalue weighted by molar-refractivity contribution is 7.85. The summed E-state index contributed by atoms with van der Waals surface area (Å²) in [5.74, 6) is 0.458. The maximum absolute atomic E-state index is 12.9. The first-order valence-electron chi connectivity index (χ1n) is 8.79. The van der Waals surface area contributed by atoms with E-state index in [1.54, 1.807) is 18.2 Å². The number of carbonyl (C=O) groups excluding carboxylic acids is 1. The molecule has 8 nitrogen and oxygen atoms in total. The third-order valence-electron chi connectivity index (χ3n) is 4.14.